The van der Waals surface area contributed by atoms with Crippen LogP contribution in [0.25, 0.3) is 10.9 Å². The predicted molar refractivity (Wildman–Crippen MR) is 81.9 cm³/mol. The van der Waals surface area contributed by atoms with Gasteiger partial charge < -0.3 is 4.90 Å². The molecule has 0 aliphatic carbocycles. The molecule has 3 heteroatoms. The van der Waals surface area contributed by atoms with Gasteiger partial charge in [-0.2, -0.15) is 0 Å². The van der Waals surface area contributed by atoms with E-state index in [-0.39, 0.29) is 0 Å². The Hall–Kier alpha value is -1.28. The second-order valence-corrected chi connectivity index (χ2v) is 5.90. The van der Waals surface area contributed by atoms with E-state index in [0.29, 0.717) is 11.9 Å². The molecule has 2 heterocycles. The van der Waals surface area contributed by atoms with E-state index < -0.39 is 0 Å². The van der Waals surface area contributed by atoms with Crippen molar-refractivity contribution in [1.82, 2.24) is 4.98 Å². The quantitative estimate of drug-likeness (QED) is 0.763. The minimum atomic E-state index is 0.536. The van der Waals surface area contributed by atoms with E-state index in [1.807, 2.05) is 12.1 Å². The Morgan fingerprint density at radius 3 is 2.79 bits per heavy atom. The maximum atomic E-state index is 6.10. The number of nitrogens with zero attached hydrogens (tertiary/aromatic N) is 2. The Kier molecular flexibility index (Phi) is 3.36. The highest BCUT2D eigenvalue weighted by atomic mass is 35.5. The minimum absolute atomic E-state index is 0.536. The largest absolute Gasteiger partial charge is 0.354 e. The lowest BCUT2D eigenvalue weighted by molar-refractivity contribution is 0.625. The third-order valence-electron chi connectivity index (χ3n) is 4.01. The number of alkyl halides is 1. The SMILES string of the molecule is CC1CC(C)N(c2cc(CCl)c3ccccc3n2)C1. The summed E-state index contributed by atoms with van der Waals surface area (Å²) in [5.74, 6) is 2.35. The van der Waals surface area contributed by atoms with Gasteiger partial charge in [0.2, 0.25) is 0 Å². The molecule has 2 unspecified atom stereocenters. The summed E-state index contributed by atoms with van der Waals surface area (Å²) in [7, 11) is 0. The van der Waals surface area contributed by atoms with E-state index in [2.05, 4.69) is 36.9 Å². The van der Waals surface area contributed by atoms with E-state index in [1.165, 1.54) is 17.4 Å². The van der Waals surface area contributed by atoms with Gasteiger partial charge in [0.1, 0.15) is 5.82 Å². The zero-order valence-electron chi connectivity index (χ0n) is 11.4. The first-order valence-corrected chi connectivity index (χ1v) is 7.43. The van der Waals surface area contributed by atoms with Gasteiger partial charge in [-0.25, -0.2) is 4.98 Å². The Labute approximate surface area is 119 Å². The van der Waals surface area contributed by atoms with Gasteiger partial charge in [-0.1, -0.05) is 25.1 Å². The van der Waals surface area contributed by atoms with Gasteiger partial charge in [-0.3, -0.25) is 0 Å². The summed E-state index contributed by atoms with van der Waals surface area (Å²) < 4.78 is 0. The molecule has 3 rings (SSSR count). The normalized spacial score (nSPS) is 23.2. The van der Waals surface area contributed by atoms with Crippen LogP contribution in [0.15, 0.2) is 30.3 Å². The molecule has 2 aromatic rings. The summed E-state index contributed by atoms with van der Waals surface area (Å²) in [6.45, 7) is 5.68. The first-order chi connectivity index (χ1) is 9.19. The van der Waals surface area contributed by atoms with Crippen molar-refractivity contribution in [1.29, 1.82) is 0 Å². The average Bonchev–Trinajstić information content (AvgIpc) is 2.76. The summed E-state index contributed by atoms with van der Waals surface area (Å²) in [6.07, 6.45) is 1.24. The molecule has 1 aliphatic heterocycles. The number of rotatable bonds is 2. The summed E-state index contributed by atoms with van der Waals surface area (Å²) in [5, 5.41) is 1.17. The summed E-state index contributed by atoms with van der Waals surface area (Å²) in [6, 6.07) is 11.0. The van der Waals surface area contributed by atoms with Crippen molar-refractivity contribution in [3.63, 3.8) is 0 Å². The first kappa shape index (κ1) is 12.7. The molecule has 2 nitrogen and oxygen atoms in total. The number of hydrogen-bond acceptors (Lipinski definition) is 2. The van der Waals surface area contributed by atoms with Crippen LogP contribution >= 0.6 is 11.6 Å². The molecular weight excluding hydrogens is 256 g/mol. The number of aromatic nitrogens is 1. The molecule has 19 heavy (non-hydrogen) atoms. The number of hydrogen-bond donors (Lipinski definition) is 0. The molecule has 1 fully saturated rings. The van der Waals surface area contributed by atoms with Gasteiger partial charge in [0.25, 0.3) is 0 Å². The van der Waals surface area contributed by atoms with Gasteiger partial charge in [0, 0.05) is 23.9 Å². The van der Waals surface area contributed by atoms with Crippen molar-refractivity contribution in [3.8, 4) is 0 Å². The molecule has 0 spiro atoms. The van der Waals surface area contributed by atoms with E-state index in [9.17, 15) is 0 Å². The van der Waals surface area contributed by atoms with Gasteiger partial charge in [-0.05, 0) is 37.0 Å². The summed E-state index contributed by atoms with van der Waals surface area (Å²) >= 11 is 6.10. The molecule has 0 amide bonds. The zero-order chi connectivity index (χ0) is 13.4. The van der Waals surface area contributed by atoms with E-state index in [0.717, 1.165) is 23.8 Å². The third-order valence-corrected chi connectivity index (χ3v) is 4.30. The van der Waals surface area contributed by atoms with Crippen molar-refractivity contribution in [2.75, 3.05) is 11.4 Å². The summed E-state index contributed by atoms with van der Waals surface area (Å²) in [5.41, 5.74) is 2.22. The van der Waals surface area contributed by atoms with Crippen molar-refractivity contribution in [2.45, 2.75) is 32.2 Å². The van der Waals surface area contributed by atoms with Crippen LogP contribution in [0.1, 0.15) is 25.8 Å². The molecule has 0 N–H and O–H groups in total. The highest BCUT2D eigenvalue weighted by molar-refractivity contribution is 6.18. The van der Waals surface area contributed by atoms with Crippen LogP contribution in [-0.4, -0.2) is 17.6 Å². The number of halogens is 1. The van der Waals surface area contributed by atoms with Crippen LogP contribution < -0.4 is 4.90 Å². The van der Waals surface area contributed by atoms with E-state index in [4.69, 9.17) is 16.6 Å². The highest BCUT2D eigenvalue weighted by Crippen LogP contribution is 2.30. The van der Waals surface area contributed by atoms with Crippen molar-refractivity contribution in [2.24, 2.45) is 5.92 Å². The first-order valence-electron chi connectivity index (χ1n) is 6.90. The smallest absolute Gasteiger partial charge is 0.129 e. The third kappa shape index (κ3) is 2.30. The Bertz CT molecular complexity index is 596. The molecule has 0 bridgehead atoms. The highest BCUT2D eigenvalue weighted by Gasteiger charge is 2.27. The Morgan fingerprint density at radius 2 is 2.11 bits per heavy atom. The van der Waals surface area contributed by atoms with Gasteiger partial charge in [0.15, 0.2) is 0 Å². The predicted octanol–water partition coefficient (Wildman–Crippen LogP) is 4.21. The molecule has 1 aromatic heterocycles. The van der Waals surface area contributed by atoms with Crippen molar-refractivity contribution in [3.05, 3.63) is 35.9 Å². The molecular formula is C16H19ClN2. The fraction of sp³-hybridized carbons (Fsp3) is 0.438. The minimum Gasteiger partial charge on any atom is -0.354 e. The standard InChI is InChI=1S/C16H19ClN2/c1-11-7-12(2)19(10-11)16-8-13(9-17)14-5-3-4-6-15(14)18-16/h3-6,8,11-12H,7,9-10H2,1-2H3. The lowest BCUT2D eigenvalue weighted by Crippen LogP contribution is -2.27. The van der Waals surface area contributed by atoms with E-state index >= 15 is 0 Å². The average molecular weight is 275 g/mol. The molecule has 100 valence electrons. The number of benzene rings is 1. The fourth-order valence-corrected chi connectivity index (χ4v) is 3.33. The maximum Gasteiger partial charge on any atom is 0.129 e. The molecule has 1 saturated heterocycles. The van der Waals surface area contributed by atoms with Crippen LogP contribution in [0.5, 0.6) is 0 Å². The van der Waals surface area contributed by atoms with Crippen molar-refractivity contribution >= 4 is 28.3 Å². The Morgan fingerprint density at radius 1 is 1.32 bits per heavy atom. The molecule has 2 atom stereocenters. The molecule has 0 saturated carbocycles. The second kappa shape index (κ2) is 5.01. The van der Waals surface area contributed by atoms with Gasteiger partial charge in [0.05, 0.1) is 5.52 Å². The van der Waals surface area contributed by atoms with Crippen LogP contribution in [0.4, 0.5) is 5.82 Å². The fourth-order valence-electron chi connectivity index (χ4n) is 3.11. The Balaban J connectivity index is 2.09. The second-order valence-electron chi connectivity index (χ2n) is 5.63. The van der Waals surface area contributed by atoms with Crippen LogP contribution in [0.2, 0.25) is 0 Å². The number of anilines is 1. The molecule has 1 aliphatic rings. The lowest BCUT2D eigenvalue weighted by Gasteiger charge is -2.23. The number of pyridine rings is 1. The maximum absolute atomic E-state index is 6.10. The van der Waals surface area contributed by atoms with Crippen LogP contribution in [0.3, 0.4) is 0 Å². The summed E-state index contributed by atoms with van der Waals surface area (Å²) in [4.78, 5) is 7.23. The van der Waals surface area contributed by atoms with E-state index in [1.54, 1.807) is 0 Å². The molecule has 1 aromatic carbocycles. The lowest BCUT2D eigenvalue weighted by atomic mass is 10.1. The topological polar surface area (TPSA) is 16.1 Å². The molecule has 0 radical (unpaired) electrons. The van der Waals surface area contributed by atoms with Crippen molar-refractivity contribution < 1.29 is 0 Å². The monoisotopic (exact) mass is 274 g/mol. The van der Waals surface area contributed by atoms with Gasteiger partial charge >= 0.3 is 0 Å². The van der Waals surface area contributed by atoms with Crippen LogP contribution in [0, 0.1) is 5.92 Å². The van der Waals surface area contributed by atoms with Crippen LogP contribution in [-0.2, 0) is 5.88 Å². The zero-order valence-corrected chi connectivity index (χ0v) is 12.2. The van der Waals surface area contributed by atoms with Gasteiger partial charge in [-0.15, -0.1) is 11.6 Å². The number of fused-ring (bicyclic) bond motifs is 1. The number of para-hydroxylation sites is 1.